The van der Waals surface area contributed by atoms with E-state index in [0.717, 1.165) is 5.56 Å². The normalized spacial score (nSPS) is 12.2. The minimum Gasteiger partial charge on any atom is -0.504 e. The molecule has 0 radical (unpaired) electrons. The van der Waals surface area contributed by atoms with Crippen LogP contribution in [0.25, 0.3) is 0 Å². The van der Waals surface area contributed by atoms with Crippen molar-refractivity contribution in [2.45, 2.75) is 20.4 Å². The smallest absolute Gasteiger partial charge is 0.223 e. The van der Waals surface area contributed by atoms with Crippen LogP contribution in [0.3, 0.4) is 0 Å². The second kappa shape index (κ2) is 7.75. The number of amides is 1. The number of para-hydroxylation sites is 1. The molecule has 1 aromatic rings. The van der Waals surface area contributed by atoms with Crippen LogP contribution < -0.4 is 10.1 Å². The number of hydrogen-bond acceptors (Lipinski definition) is 4. The van der Waals surface area contributed by atoms with Gasteiger partial charge in [-0.1, -0.05) is 19.1 Å². The highest BCUT2D eigenvalue weighted by molar-refractivity contribution is 5.78. The van der Waals surface area contributed by atoms with Gasteiger partial charge in [0.15, 0.2) is 11.5 Å². The molecule has 0 bridgehead atoms. The Bertz CT molecular complexity index is 449. The van der Waals surface area contributed by atoms with Crippen LogP contribution in [-0.4, -0.2) is 43.2 Å². The predicted octanol–water partition coefficient (Wildman–Crippen LogP) is 1.60. The number of phenolic OH excluding ortho intramolecular Hbond substituents is 1. The molecule has 0 fully saturated rings. The second-order valence-electron chi connectivity index (χ2n) is 4.91. The van der Waals surface area contributed by atoms with Crippen molar-refractivity contribution >= 4 is 5.91 Å². The van der Waals surface area contributed by atoms with E-state index in [0.29, 0.717) is 25.4 Å². The van der Waals surface area contributed by atoms with Gasteiger partial charge in [0.2, 0.25) is 5.91 Å². The number of nitrogens with zero attached hydrogens (tertiary/aromatic N) is 1. The van der Waals surface area contributed by atoms with Crippen molar-refractivity contribution in [3.8, 4) is 11.5 Å². The molecule has 5 heteroatoms. The standard InChI is InChI=1S/C15H24N2O3/c1-5-20-13-8-6-7-12(14(13)18)10-17(4)9-11(2)15(19)16-3/h6-8,11,18H,5,9-10H2,1-4H3,(H,16,19). The minimum absolute atomic E-state index is 0.0177. The Kier molecular flexibility index (Phi) is 6.31. The molecule has 5 nitrogen and oxygen atoms in total. The summed E-state index contributed by atoms with van der Waals surface area (Å²) in [6.07, 6.45) is 0. The van der Waals surface area contributed by atoms with Crippen LogP contribution in [0.1, 0.15) is 19.4 Å². The largest absolute Gasteiger partial charge is 0.504 e. The first kappa shape index (κ1) is 16.3. The summed E-state index contributed by atoms with van der Waals surface area (Å²) in [7, 11) is 3.56. The van der Waals surface area contributed by atoms with Crippen LogP contribution in [0, 0.1) is 5.92 Å². The maximum atomic E-state index is 11.5. The lowest BCUT2D eigenvalue weighted by atomic mass is 10.1. The molecule has 112 valence electrons. The summed E-state index contributed by atoms with van der Waals surface area (Å²) >= 11 is 0. The number of rotatable bonds is 7. The first-order chi connectivity index (χ1) is 9.49. The summed E-state index contributed by atoms with van der Waals surface area (Å²) in [5, 5.41) is 12.8. The van der Waals surface area contributed by atoms with Crippen LogP contribution >= 0.6 is 0 Å². The molecule has 1 aromatic carbocycles. The monoisotopic (exact) mass is 280 g/mol. The lowest BCUT2D eigenvalue weighted by Gasteiger charge is -2.21. The van der Waals surface area contributed by atoms with Crippen molar-refractivity contribution in [2.75, 3.05) is 27.2 Å². The second-order valence-corrected chi connectivity index (χ2v) is 4.91. The molecule has 1 rings (SSSR count). The molecule has 1 amide bonds. The number of phenols is 1. The SMILES string of the molecule is CCOc1cccc(CN(C)CC(C)C(=O)NC)c1O. The average Bonchev–Trinajstić information content (AvgIpc) is 2.42. The van der Waals surface area contributed by atoms with Gasteiger partial charge in [0.25, 0.3) is 0 Å². The van der Waals surface area contributed by atoms with E-state index in [4.69, 9.17) is 4.74 Å². The number of benzene rings is 1. The van der Waals surface area contributed by atoms with Crippen molar-refractivity contribution in [3.63, 3.8) is 0 Å². The van der Waals surface area contributed by atoms with Crippen LogP contribution in [0.4, 0.5) is 0 Å². The van der Waals surface area contributed by atoms with Crippen LogP contribution in [0.5, 0.6) is 11.5 Å². The van der Waals surface area contributed by atoms with Crippen LogP contribution in [0.15, 0.2) is 18.2 Å². The fourth-order valence-electron chi connectivity index (χ4n) is 2.12. The quantitative estimate of drug-likeness (QED) is 0.796. The summed E-state index contributed by atoms with van der Waals surface area (Å²) < 4.78 is 5.36. The topological polar surface area (TPSA) is 61.8 Å². The zero-order valence-corrected chi connectivity index (χ0v) is 12.6. The Hall–Kier alpha value is -1.75. The van der Waals surface area contributed by atoms with E-state index in [2.05, 4.69) is 5.32 Å². The summed E-state index contributed by atoms with van der Waals surface area (Å²) in [4.78, 5) is 13.5. The molecule has 2 N–H and O–H groups in total. The van der Waals surface area contributed by atoms with Crippen molar-refractivity contribution in [1.29, 1.82) is 0 Å². The summed E-state index contributed by atoms with van der Waals surface area (Å²) in [6, 6.07) is 5.46. The third-order valence-corrected chi connectivity index (χ3v) is 3.10. The number of carbonyl (C=O) groups is 1. The number of aromatic hydroxyl groups is 1. The highest BCUT2D eigenvalue weighted by Crippen LogP contribution is 2.30. The predicted molar refractivity (Wildman–Crippen MR) is 78.8 cm³/mol. The highest BCUT2D eigenvalue weighted by Gasteiger charge is 2.15. The molecule has 0 aromatic heterocycles. The molecule has 0 saturated heterocycles. The zero-order chi connectivity index (χ0) is 15.1. The van der Waals surface area contributed by atoms with Crippen molar-refractivity contribution < 1.29 is 14.6 Å². The molecular formula is C15H24N2O3. The number of ether oxygens (including phenoxy) is 1. The molecule has 0 aliphatic carbocycles. The van der Waals surface area contributed by atoms with Gasteiger partial charge in [0, 0.05) is 31.6 Å². The highest BCUT2D eigenvalue weighted by atomic mass is 16.5. The third-order valence-electron chi connectivity index (χ3n) is 3.10. The van der Waals surface area contributed by atoms with Crippen molar-refractivity contribution in [3.05, 3.63) is 23.8 Å². The van der Waals surface area contributed by atoms with E-state index >= 15 is 0 Å². The molecular weight excluding hydrogens is 256 g/mol. The molecule has 1 unspecified atom stereocenters. The lowest BCUT2D eigenvalue weighted by Crippen LogP contribution is -2.34. The Morgan fingerprint density at radius 2 is 2.20 bits per heavy atom. The molecule has 20 heavy (non-hydrogen) atoms. The number of hydrogen-bond donors (Lipinski definition) is 2. The molecule has 1 atom stereocenters. The van der Waals surface area contributed by atoms with Gasteiger partial charge in [-0.2, -0.15) is 0 Å². The maximum Gasteiger partial charge on any atom is 0.223 e. The summed E-state index contributed by atoms with van der Waals surface area (Å²) in [6.45, 7) is 5.46. The van der Waals surface area contributed by atoms with E-state index in [1.807, 2.05) is 37.9 Å². The van der Waals surface area contributed by atoms with Crippen molar-refractivity contribution in [1.82, 2.24) is 10.2 Å². The fraction of sp³-hybridized carbons (Fsp3) is 0.533. The van der Waals surface area contributed by atoms with Gasteiger partial charge >= 0.3 is 0 Å². The Morgan fingerprint density at radius 1 is 1.50 bits per heavy atom. The summed E-state index contributed by atoms with van der Waals surface area (Å²) in [5.74, 6) is 0.595. The Morgan fingerprint density at radius 3 is 2.80 bits per heavy atom. The van der Waals surface area contributed by atoms with Gasteiger partial charge in [-0.15, -0.1) is 0 Å². The van der Waals surface area contributed by atoms with Gasteiger partial charge in [0.05, 0.1) is 6.61 Å². The fourth-order valence-corrected chi connectivity index (χ4v) is 2.12. The first-order valence-electron chi connectivity index (χ1n) is 6.83. The molecule has 0 spiro atoms. The van der Waals surface area contributed by atoms with Gasteiger partial charge in [0.1, 0.15) is 0 Å². The van der Waals surface area contributed by atoms with Gasteiger partial charge in [-0.25, -0.2) is 0 Å². The van der Waals surface area contributed by atoms with Gasteiger partial charge < -0.3 is 20.1 Å². The number of carbonyl (C=O) groups excluding carboxylic acids is 1. The summed E-state index contributed by atoms with van der Waals surface area (Å²) in [5.41, 5.74) is 0.794. The zero-order valence-electron chi connectivity index (χ0n) is 12.6. The Balaban J connectivity index is 2.68. The molecule has 0 saturated carbocycles. The molecule has 0 aliphatic heterocycles. The van der Waals surface area contributed by atoms with Crippen molar-refractivity contribution in [2.24, 2.45) is 5.92 Å². The molecule has 0 aliphatic rings. The minimum atomic E-state index is -0.0952. The van der Waals surface area contributed by atoms with E-state index in [9.17, 15) is 9.90 Å². The van der Waals surface area contributed by atoms with E-state index in [-0.39, 0.29) is 17.6 Å². The first-order valence-corrected chi connectivity index (χ1v) is 6.83. The van der Waals surface area contributed by atoms with Crippen LogP contribution in [0.2, 0.25) is 0 Å². The van der Waals surface area contributed by atoms with Gasteiger partial charge in [-0.05, 0) is 20.0 Å². The Labute approximate surface area is 120 Å². The van der Waals surface area contributed by atoms with Gasteiger partial charge in [-0.3, -0.25) is 4.79 Å². The third kappa shape index (κ3) is 4.42. The van der Waals surface area contributed by atoms with E-state index in [1.54, 1.807) is 13.1 Å². The molecule has 0 heterocycles. The van der Waals surface area contributed by atoms with E-state index < -0.39 is 0 Å². The average molecular weight is 280 g/mol. The maximum absolute atomic E-state index is 11.5. The van der Waals surface area contributed by atoms with E-state index in [1.165, 1.54) is 0 Å². The lowest BCUT2D eigenvalue weighted by molar-refractivity contribution is -0.124. The number of nitrogens with one attached hydrogen (secondary N) is 1. The van der Waals surface area contributed by atoms with Crippen LogP contribution in [-0.2, 0) is 11.3 Å².